The fourth-order valence-corrected chi connectivity index (χ4v) is 2.93. The van der Waals surface area contributed by atoms with Gasteiger partial charge in [-0.2, -0.15) is 0 Å². The van der Waals surface area contributed by atoms with Gasteiger partial charge in [0.1, 0.15) is 11.5 Å². The standard InChI is InChI=1S/C16H21N3O/c1-13-11-15(18-20-13)16-8-3-2-6-10-19(16)12-14-7-4-5-9-17-14/h4-5,7,9,11,16H,2-3,6,8,10,12H2,1H3/t16-/m0/s1. The maximum atomic E-state index is 5.26. The third-order valence-electron chi connectivity index (χ3n) is 3.94. The molecule has 0 spiro atoms. The third-order valence-corrected chi connectivity index (χ3v) is 3.94. The number of pyridine rings is 1. The molecule has 4 nitrogen and oxygen atoms in total. The minimum absolute atomic E-state index is 0.358. The van der Waals surface area contributed by atoms with Crippen LogP contribution in [0.2, 0.25) is 0 Å². The molecule has 1 atom stereocenters. The van der Waals surface area contributed by atoms with Crippen molar-refractivity contribution < 1.29 is 4.52 Å². The van der Waals surface area contributed by atoms with Crippen molar-refractivity contribution in [3.63, 3.8) is 0 Å². The molecule has 0 radical (unpaired) electrons. The molecular weight excluding hydrogens is 250 g/mol. The lowest BCUT2D eigenvalue weighted by atomic mass is 10.1. The molecule has 0 saturated carbocycles. The van der Waals surface area contributed by atoms with Crippen LogP contribution in [0.4, 0.5) is 0 Å². The van der Waals surface area contributed by atoms with Crippen molar-refractivity contribution in [1.82, 2.24) is 15.0 Å². The van der Waals surface area contributed by atoms with E-state index in [1.807, 2.05) is 19.2 Å². The first-order valence-electron chi connectivity index (χ1n) is 7.40. The molecule has 0 amide bonds. The molecule has 0 N–H and O–H groups in total. The van der Waals surface area contributed by atoms with E-state index < -0.39 is 0 Å². The molecule has 3 rings (SSSR count). The topological polar surface area (TPSA) is 42.2 Å². The fraction of sp³-hybridized carbons (Fsp3) is 0.500. The van der Waals surface area contributed by atoms with E-state index in [9.17, 15) is 0 Å². The molecule has 1 fully saturated rings. The Morgan fingerprint density at radius 2 is 2.25 bits per heavy atom. The minimum atomic E-state index is 0.358. The van der Waals surface area contributed by atoms with Gasteiger partial charge in [0.05, 0.1) is 11.7 Å². The van der Waals surface area contributed by atoms with Crippen molar-refractivity contribution in [2.45, 2.75) is 45.2 Å². The number of hydrogen-bond acceptors (Lipinski definition) is 4. The Labute approximate surface area is 119 Å². The smallest absolute Gasteiger partial charge is 0.133 e. The van der Waals surface area contributed by atoms with Gasteiger partial charge < -0.3 is 4.52 Å². The van der Waals surface area contributed by atoms with Crippen molar-refractivity contribution in [2.75, 3.05) is 6.54 Å². The van der Waals surface area contributed by atoms with Crippen LogP contribution in [0.3, 0.4) is 0 Å². The molecule has 0 aliphatic carbocycles. The Balaban J connectivity index is 1.80. The molecule has 1 aliphatic rings. The highest BCUT2D eigenvalue weighted by molar-refractivity contribution is 5.11. The van der Waals surface area contributed by atoms with Crippen LogP contribution in [-0.2, 0) is 6.54 Å². The number of hydrogen-bond donors (Lipinski definition) is 0. The Bertz CT molecular complexity index is 538. The molecule has 3 heterocycles. The first-order valence-corrected chi connectivity index (χ1v) is 7.40. The fourth-order valence-electron chi connectivity index (χ4n) is 2.93. The molecule has 1 saturated heterocycles. The maximum absolute atomic E-state index is 5.26. The monoisotopic (exact) mass is 271 g/mol. The van der Waals surface area contributed by atoms with E-state index in [4.69, 9.17) is 4.52 Å². The van der Waals surface area contributed by atoms with Crippen molar-refractivity contribution in [3.8, 4) is 0 Å². The van der Waals surface area contributed by atoms with Crippen LogP contribution in [0.15, 0.2) is 35.0 Å². The zero-order valence-electron chi connectivity index (χ0n) is 12.0. The highest BCUT2D eigenvalue weighted by Gasteiger charge is 2.25. The van der Waals surface area contributed by atoms with Crippen LogP contribution in [0.25, 0.3) is 0 Å². The van der Waals surface area contributed by atoms with E-state index in [1.165, 1.54) is 19.3 Å². The molecule has 1 aliphatic heterocycles. The average molecular weight is 271 g/mol. The van der Waals surface area contributed by atoms with Gasteiger partial charge in [-0.25, -0.2) is 0 Å². The van der Waals surface area contributed by atoms with Gasteiger partial charge >= 0.3 is 0 Å². The van der Waals surface area contributed by atoms with E-state index in [0.29, 0.717) is 6.04 Å². The summed E-state index contributed by atoms with van der Waals surface area (Å²) in [4.78, 5) is 6.94. The molecule has 2 aromatic heterocycles. The van der Waals surface area contributed by atoms with Gasteiger partial charge in [0.15, 0.2) is 0 Å². The van der Waals surface area contributed by atoms with Crippen molar-refractivity contribution >= 4 is 0 Å². The molecule has 0 unspecified atom stereocenters. The van der Waals surface area contributed by atoms with Crippen molar-refractivity contribution in [3.05, 3.63) is 47.6 Å². The predicted molar refractivity (Wildman–Crippen MR) is 77.1 cm³/mol. The average Bonchev–Trinajstić information content (AvgIpc) is 2.76. The quantitative estimate of drug-likeness (QED) is 0.857. The van der Waals surface area contributed by atoms with Crippen LogP contribution in [0.5, 0.6) is 0 Å². The Morgan fingerprint density at radius 1 is 1.30 bits per heavy atom. The lowest BCUT2D eigenvalue weighted by Crippen LogP contribution is -2.28. The van der Waals surface area contributed by atoms with Crippen LogP contribution in [-0.4, -0.2) is 21.6 Å². The molecule has 20 heavy (non-hydrogen) atoms. The van der Waals surface area contributed by atoms with Gasteiger partial charge in [0.2, 0.25) is 0 Å². The van der Waals surface area contributed by atoms with Gasteiger partial charge in [-0.15, -0.1) is 0 Å². The zero-order valence-corrected chi connectivity index (χ0v) is 12.0. The summed E-state index contributed by atoms with van der Waals surface area (Å²) < 4.78 is 5.26. The number of aryl methyl sites for hydroxylation is 1. The van der Waals surface area contributed by atoms with Gasteiger partial charge in [-0.05, 0) is 38.4 Å². The second kappa shape index (κ2) is 6.18. The lowest BCUT2D eigenvalue weighted by Gasteiger charge is -2.27. The van der Waals surface area contributed by atoms with E-state index in [-0.39, 0.29) is 0 Å². The predicted octanol–water partition coefficient (Wildman–Crippen LogP) is 3.50. The summed E-state index contributed by atoms with van der Waals surface area (Å²) in [6.07, 6.45) is 6.82. The Morgan fingerprint density at radius 3 is 3.00 bits per heavy atom. The molecule has 106 valence electrons. The van der Waals surface area contributed by atoms with E-state index in [1.54, 1.807) is 0 Å². The summed E-state index contributed by atoms with van der Waals surface area (Å²) >= 11 is 0. The highest BCUT2D eigenvalue weighted by Crippen LogP contribution is 2.30. The van der Waals surface area contributed by atoms with E-state index in [0.717, 1.165) is 36.7 Å². The second-order valence-electron chi connectivity index (χ2n) is 5.52. The second-order valence-corrected chi connectivity index (χ2v) is 5.52. The highest BCUT2D eigenvalue weighted by atomic mass is 16.5. The van der Waals surface area contributed by atoms with Crippen LogP contribution >= 0.6 is 0 Å². The van der Waals surface area contributed by atoms with Crippen molar-refractivity contribution in [2.24, 2.45) is 0 Å². The molecule has 2 aromatic rings. The van der Waals surface area contributed by atoms with Gasteiger partial charge in [0.25, 0.3) is 0 Å². The Kier molecular flexibility index (Phi) is 4.11. The normalized spacial score (nSPS) is 20.8. The summed E-state index contributed by atoms with van der Waals surface area (Å²) in [5.41, 5.74) is 2.19. The SMILES string of the molecule is Cc1cc([C@@H]2CCCCCN2Cc2ccccn2)no1. The summed E-state index contributed by atoms with van der Waals surface area (Å²) in [6, 6.07) is 8.54. The van der Waals surface area contributed by atoms with Crippen LogP contribution in [0.1, 0.15) is 48.9 Å². The van der Waals surface area contributed by atoms with Gasteiger partial charge in [-0.1, -0.05) is 24.1 Å². The first-order chi connectivity index (χ1) is 9.83. The molecule has 4 heteroatoms. The van der Waals surface area contributed by atoms with E-state index >= 15 is 0 Å². The van der Waals surface area contributed by atoms with Crippen LogP contribution < -0.4 is 0 Å². The molecule has 0 aromatic carbocycles. The van der Waals surface area contributed by atoms with Gasteiger partial charge in [0, 0.05) is 18.8 Å². The largest absolute Gasteiger partial charge is 0.361 e. The Hall–Kier alpha value is -1.68. The zero-order chi connectivity index (χ0) is 13.8. The number of aromatic nitrogens is 2. The lowest BCUT2D eigenvalue weighted by molar-refractivity contribution is 0.181. The van der Waals surface area contributed by atoms with Gasteiger partial charge in [-0.3, -0.25) is 9.88 Å². The minimum Gasteiger partial charge on any atom is -0.361 e. The first kappa shape index (κ1) is 13.3. The maximum Gasteiger partial charge on any atom is 0.133 e. The van der Waals surface area contributed by atoms with Crippen molar-refractivity contribution in [1.29, 1.82) is 0 Å². The molecular formula is C16H21N3O. The number of rotatable bonds is 3. The summed E-state index contributed by atoms with van der Waals surface area (Å²) in [5.74, 6) is 0.891. The summed E-state index contributed by atoms with van der Waals surface area (Å²) in [7, 11) is 0. The number of likely N-dealkylation sites (tertiary alicyclic amines) is 1. The van der Waals surface area contributed by atoms with Crippen LogP contribution in [0, 0.1) is 6.92 Å². The van der Waals surface area contributed by atoms with E-state index in [2.05, 4.69) is 33.2 Å². The summed E-state index contributed by atoms with van der Waals surface area (Å²) in [5, 5.41) is 4.24. The summed E-state index contributed by atoms with van der Waals surface area (Å²) in [6.45, 7) is 3.95. The molecule has 0 bridgehead atoms. The number of nitrogens with zero attached hydrogens (tertiary/aromatic N) is 3. The third kappa shape index (κ3) is 3.07.